The van der Waals surface area contributed by atoms with Gasteiger partial charge < -0.3 is 10.2 Å². The summed E-state index contributed by atoms with van der Waals surface area (Å²) in [5.41, 5.74) is 2.88. The summed E-state index contributed by atoms with van der Waals surface area (Å²) in [5.74, 6) is 0.725. The number of alkyl halides is 3. The number of halogens is 3. The minimum atomic E-state index is -4.21. The Morgan fingerprint density at radius 2 is 1.75 bits per heavy atom. The van der Waals surface area contributed by atoms with Crippen molar-refractivity contribution in [2.45, 2.75) is 31.0 Å². The van der Waals surface area contributed by atoms with E-state index in [9.17, 15) is 18.0 Å². The van der Waals surface area contributed by atoms with E-state index in [4.69, 9.17) is 0 Å². The summed E-state index contributed by atoms with van der Waals surface area (Å²) in [6, 6.07) is 14.0. The van der Waals surface area contributed by atoms with Crippen LogP contribution in [0.15, 0.2) is 52.2 Å². The Balaban J connectivity index is 1.68. The van der Waals surface area contributed by atoms with Crippen LogP contribution in [0.25, 0.3) is 10.8 Å². The molecule has 2 aromatic carbocycles. The highest BCUT2D eigenvalue weighted by molar-refractivity contribution is 7.97. The van der Waals surface area contributed by atoms with Gasteiger partial charge in [0, 0.05) is 55.2 Å². The van der Waals surface area contributed by atoms with E-state index in [-0.39, 0.29) is 11.6 Å². The number of rotatable bonds is 7. The van der Waals surface area contributed by atoms with Crippen LogP contribution in [-0.2, 0) is 7.05 Å². The van der Waals surface area contributed by atoms with Crippen molar-refractivity contribution in [2.24, 2.45) is 7.05 Å². The van der Waals surface area contributed by atoms with Crippen LogP contribution in [0.1, 0.15) is 24.1 Å². The molecule has 0 amide bonds. The summed E-state index contributed by atoms with van der Waals surface area (Å²) in [4.78, 5) is 17.9. The van der Waals surface area contributed by atoms with Crippen LogP contribution in [0.5, 0.6) is 0 Å². The van der Waals surface area contributed by atoms with Crippen molar-refractivity contribution in [3.8, 4) is 0 Å². The fourth-order valence-electron chi connectivity index (χ4n) is 4.82. The maximum absolute atomic E-state index is 13.4. The number of hydrogen-bond acceptors (Lipinski definition) is 6. The molecule has 1 aliphatic heterocycles. The lowest BCUT2D eigenvalue weighted by molar-refractivity contribution is -0.146. The summed E-state index contributed by atoms with van der Waals surface area (Å²) >= 11 is 1.53. The zero-order valence-corrected chi connectivity index (χ0v) is 21.8. The molecule has 0 saturated carbocycles. The summed E-state index contributed by atoms with van der Waals surface area (Å²) in [6.07, 6.45) is -4.21. The number of pyridine rings is 1. The van der Waals surface area contributed by atoms with Crippen LogP contribution in [0, 0.1) is 6.92 Å². The Labute approximate surface area is 213 Å². The molecule has 0 bridgehead atoms. The third kappa shape index (κ3) is 5.82. The number of benzene rings is 2. The summed E-state index contributed by atoms with van der Waals surface area (Å²) < 4.78 is 43.2. The van der Waals surface area contributed by atoms with Crippen LogP contribution in [-0.4, -0.2) is 55.4 Å². The monoisotopic (exact) mass is 519 g/mol. The van der Waals surface area contributed by atoms with E-state index >= 15 is 0 Å². The number of hydrogen-bond donors (Lipinski definition) is 2. The second kappa shape index (κ2) is 10.7. The molecule has 1 atom stereocenters. The highest BCUT2D eigenvalue weighted by Gasteiger charge is 2.32. The predicted octanol–water partition coefficient (Wildman–Crippen LogP) is 4.93. The predicted molar refractivity (Wildman–Crippen MR) is 142 cm³/mol. The first-order valence-electron chi connectivity index (χ1n) is 11.9. The summed E-state index contributed by atoms with van der Waals surface area (Å²) in [7, 11) is 3.60. The number of anilines is 2. The van der Waals surface area contributed by atoms with Gasteiger partial charge in [-0.15, -0.1) is 0 Å². The normalized spacial score (nSPS) is 15.9. The van der Waals surface area contributed by atoms with Crippen LogP contribution in [0.3, 0.4) is 0 Å². The SMILES string of the molecule is CNSc1ccccc1N[C@H](C)c1cc(C)cc2c(=O)n(C)c(N3CCN(CC(F)(F)F)CC3)cc12. The molecule has 1 saturated heterocycles. The van der Waals surface area contributed by atoms with E-state index in [0.717, 1.165) is 32.9 Å². The Hall–Kier alpha value is -2.69. The second-order valence-electron chi connectivity index (χ2n) is 9.23. The largest absolute Gasteiger partial charge is 0.401 e. The van der Waals surface area contributed by atoms with Gasteiger partial charge in [-0.05, 0) is 73.6 Å². The fraction of sp³-hybridized carbons (Fsp3) is 0.423. The average Bonchev–Trinajstić information content (AvgIpc) is 2.82. The lowest BCUT2D eigenvalue weighted by Gasteiger charge is -2.37. The van der Waals surface area contributed by atoms with Crippen molar-refractivity contribution < 1.29 is 13.2 Å². The first kappa shape index (κ1) is 26.4. The smallest absolute Gasteiger partial charge is 0.378 e. The number of fused-ring (bicyclic) bond motifs is 1. The standard InChI is InChI=1S/C26H32F3N5OS/c1-17-13-19(18(2)31-22-7-5-6-8-23(22)36-30-3)20-15-24(32(4)25(35)21(20)14-17)34-11-9-33(10-12-34)16-26(27,28)29/h5-8,13-15,18,30-31H,9-12,16H2,1-4H3/t18-/m1/s1. The van der Waals surface area contributed by atoms with Crippen molar-refractivity contribution in [3.63, 3.8) is 0 Å². The number of aromatic nitrogens is 1. The number of nitrogens with zero attached hydrogens (tertiary/aromatic N) is 3. The van der Waals surface area contributed by atoms with Gasteiger partial charge in [-0.25, -0.2) is 0 Å². The lowest BCUT2D eigenvalue weighted by Crippen LogP contribution is -2.50. The van der Waals surface area contributed by atoms with Gasteiger partial charge in [-0.2, -0.15) is 13.2 Å². The molecule has 1 aliphatic rings. The van der Waals surface area contributed by atoms with E-state index in [2.05, 4.69) is 23.0 Å². The molecule has 0 unspecified atom stereocenters. The van der Waals surface area contributed by atoms with Gasteiger partial charge in [-0.3, -0.25) is 19.0 Å². The molecule has 0 aliphatic carbocycles. The Morgan fingerprint density at radius 1 is 1.06 bits per heavy atom. The van der Waals surface area contributed by atoms with Crippen LogP contribution >= 0.6 is 11.9 Å². The fourth-order valence-corrected chi connectivity index (χ4v) is 5.42. The average molecular weight is 520 g/mol. The molecular formula is C26H32F3N5OS. The molecule has 6 nitrogen and oxygen atoms in total. The van der Waals surface area contributed by atoms with Crippen LogP contribution < -0.4 is 20.5 Å². The molecule has 36 heavy (non-hydrogen) atoms. The quantitative estimate of drug-likeness (QED) is 0.432. The minimum absolute atomic E-state index is 0.0883. The van der Waals surface area contributed by atoms with Crippen molar-refractivity contribution in [1.82, 2.24) is 14.2 Å². The summed E-state index contributed by atoms with van der Waals surface area (Å²) in [5, 5.41) is 5.09. The molecular weight excluding hydrogens is 487 g/mol. The third-order valence-electron chi connectivity index (χ3n) is 6.55. The Bertz CT molecular complexity index is 1290. The molecule has 194 valence electrons. The highest BCUT2D eigenvalue weighted by atomic mass is 32.2. The number of para-hydroxylation sites is 1. The molecule has 2 heterocycles. The molecule has 10 heteroatoms. The summed E-state index contributed by atoms with van der Waals surface area (Å²) in [6.45, 7) is 4.60. The van der Waals surface area contributed by atoms with Crippen molar-refractivity contribution in [2.75, 3.05) is 50.0 Å². The van der Waals surface area contributed by atoms with Gasteiger partial charge in [0.25, 0.3) is 5.56 Å². The van der Waals surface area contributed by atoms with E-state index < -0.39 is 12.7 Å². The Kier molecular flexibility index (Phi) is 7.87. The van der Waals surface area contributed by atoms with Crippen LogP contribution in [0.4, 0.5) is 24.7 Å². The maximum atomic E-state index is 13.4. The zero-order valence-electron chi connectivity index (χ0n) is 20.9. The molecule has 1 fully saturated rings. The van der Waals surface area contributed by atoms with E-state index in [1.54, 1.807) is 11.6 Å². The van der Waals surface area contributed by atoms with Gasteiger partial charge >= 0.3 is 6.18 Å². The topological polar surface area (TPSA) is 52.5 Å². The number of nitrogens with one attached hydrogen (secondary N) is 2. The number of piperazine rings is 1. The first-order chi connectivity index (χ1) is 17.1. The maximum Gasteiger partial charge on any atom is 0.401 e. The van der Waals surface area contributed by atoms with E-state index in [1.165, 1.54) is 16.8 Å². The van der Waals surface area contributed by atoms with Crippen molar-refractivity contribution in [3.05, 3.63) is 63.9 Å². The molecule has 1 aromatic heterocycles. The molecule has 0 spiro atoms. The first-order valence-corrected chi connectivity index (χ1v) is 12.8. The molecule has 3 aromatic rings. The molecule has 4 rings (SSSR count). The zero-order chi connectivity index (χ0) is 26.0. The van der Waals surface area contributed by atoms with Crippen molar-refractivity contribution >= 4 is 34.2 Å². The van der Waals surface area contributed by atoms with Gasteiger partial charge in [0.2, 0.25) is 0 Å². The van der Waals surface area contributed by atoms with Gasteiger partial charge in [-0.1, -0.05) is 18.2 Å². The lowest BCUT2D eigenvalue weighted by atomic mass is 9.97. The van der Waals surface area contributed by atoms with E-state index in [0.29, 0.717) is 31.6 Å². The van der Waals surface area contributed by atoms with Crippen molar-refractivity contribution in [1.29, 1.82) is 0 Å². The molecule has 2 N–H and O–H groups in total. The van der Waals surface area contributed by atoms with Gasteiger partial charge in [0.05, 0.1) is 6.54 Å². The minimum Gasteiger partial charge on any atom is -0.378 e. The van der Waals surface area contributed by atoms with Gasteiger partial charge in [0.1, 0.15) is 5.82 Å². The Morgan fingerprint density at radius 3 is 2.42 bits per heavy atom. The molecule has 0 radical (unpaired) electrons. The second-order valence-corrected chi connectivity index (χ2v) is 10.3. The third-order valence-corrected chi connectivity index (χ3v) is 7.33. The van der Waals surface area contributed by atoms with Crippen LogP contribution in [0.2, 0.25) is 0 Å². The number of aryl methyl sites for hydroxylation is 1. The van der Waals surface area contributed by atoms with E-state index in [1.807, 2.05) is 55.3 Å². The van der Waals surface area contributed by atoms with Gasteiger partial charge in [0.15, 0.2) is 0 Å². The highest BCUT2D eigenvalue weighted by Crippen LogP contribution is 2.33.